The van der Waals surface area contributed by atoms with Crippen molar-refractivity contribution in [1.29, 1.82) is 0 Å². The van der Waals surface area contributed by atoms with Crippen molar-refractivity contribution in [3.63, 3.8) is 0 Å². The van der Waals surface area contributed by atoms with E-state index in [0.29, 0.717) is 18.9 Å². The Labute approximate surface area is 135 Å². The van der Waals surface area contributed by atoms with Gasteiger partial charge in [0.2, 0.25) is 5.89 Å². The van der Waals surface area contributed by atoms with Crippen LogP contribution in [0.3, 0.4) is 0 Å². The van der Waals surface area contributed by atoms with Crippen molar-refractivity contribution in [2.24, 2.45) is 0 Å². The molecule has 0 amide bonds. The van der Waals surface area contributed by atoms with Crippen molar-refractivity contribution in [2.45, 2.75) is 13.3 Å². The predicted octanol–water partition coefficient (Wildman–Crippen LogP) is 4.28. The van der Waals surface area contributed by atoms with Crippen molar-refractivity contribution in [2.75, 3.05) is 13.7 Å². The summed E-state index contributed by atoms with van der Waals surface area (Å²) < 4.78 is 16.7. The van der Waals surface area contributed by atoms with Crippen LogP contribution in [0.15, 0.2) is 59.0 Å². The highest BCUT2D eigenvalue weighted by atomic mass is 16.5. The van der Waals surface area contributed by atoms with Crippen molar-refractivity contribution in [1.82, 2.24) is 4.98 Å². The van der Waals surface area contributed by atoms with Gasteiger partial charge in [-0.1, -0.05) is 24.3 Å². The molecule has 3 rings (SSSR count). The lowest BCUT2D eigenvalue weighted by Crippen LogP contribution is -2.02. The molecule has 0 saturated heterocycles. The Kier molecular flexibility index (Phi) is 4.62. The average molecular weight is 309 g/mol. The Morgan fingerprint density at radius 3 is 2.57 bits per heavy atom. The predicted molar refractivity (Wildman–Crippen MR) is 88.9 cm³/mol. The van der Waals surface area contributed by atoms with Gasteiger partial charge in [-0.25, -0.2) is 4.98 Å². The molecule has 0 saturated carbocycles. The maximum absolute atomic E-state index is 5.76. The minimum absolute atomic E-state index is 0.536. The van der Waals surface area contributed by atoms with Crippen LogP contribution in [-0.2, 0) is 6.42 Å². The third-order valence-corrected chi connectivity index (χ3v) is 3.56. The molecule has 118 valence electrons. The van der Waals surface area contributed by atoms with Gasteiger partial charge in [0.25, 0.3) is 0 Å². The van der Waals surface area contributed by atoms with Crippen LogP contribution < -0.4 is 9.47 Å². The maximum atomic E-state index is 5.76. The van der Waals surface area contributed by atoms with E-state index in [1.165, 1.54) is 0 Å². The first-order valence-electron chi connectivity index (χ1n) is 7.55. The number of oxazole rings is 1. The highest BCUT2D eigenvalue weighted by Crippen LogP contribution is 2.22. The summed E-state index contributed by atoms with van der Waals surface area (Å²) in [6, 6.07) is 17.5. The van der Waals surface area contributed by atoms with Gasteiger partial charge in [-0.05, 0) is 31.2 Å². The van der Waals surface area contributed by atoms with Crippen molar-refractivity contribution in [3.8, 4) is 23.0 Å². The third-order valence-electron chi connectivity index (χ3n) is 3.56. The number of ether oxygens (including phenoxy) is 2. The zero-order valence-corrected chi connectivity index (χ0v) is 13.3. The molecular weight excluding hydrogens is 290 g/mol. The summed E-state index contributed by atoms with van der Waals surface area (Å²) in [6.07, 6.45) is 0.694. The van der Waals surface area contributed by atoms with E-state index in [1.54, 1.807) is 7.11 Å². The third kappa shape index (κ3) is 3.72. The van der Waals surface area contributed by atoms with Crippen LogP contribution in [0.25, 0.3) is 11.5 Å². The first kappa shape index (κ1) is 15.2. The van der Waals surface area contributed by atoms with Crippen molar-refractivity contribution in [3.05, 3.63) is 66.1 Å². The quantitative estimate of drug-likeness (QED) is 0.681. The van der Waals surface area contributed by atoms with E-state index in [2.05, 4.69) is 4.98 Å². The normalized spacial score (nSPS) is 10.5. The topological polar surface area (TPSA) is 44.5 Å². The Hall–Kier alpha value is -2.75. The van der Waals surface area contributed by atoms with E-state index in [9.17, 15) is 0 Å². The number of hydrogen-bond acceptors (Lipinski definition) is 4. The Morgan fingerprint density at radius 2 is 1.78 bits per heavy atom. The molecule has 0 bridgehead atoms. The van der Waals surface area contributed by atoms with Gasteiger partial charge in [0.05, 0.1) is 19.4 Å². The summed E-state index contributed by atoms with van der Waals surface area (Å²) in [4.78, 5) is 4.57. The second-order valence-corrected chi connectivity index (χ2v) is 5.17. The van der Waals surface area contributed by atoms with E-state index in [0.717, 1.165) is 28.5 Å². The molecule has 0 unspecified atom stereocenters. The van der Waals surface area contributed by atoms with Crippen LogP contribution in [-0.4, -0.2) is 18.7 Å². The highest BCUT2D eigenvalue weighted by Gasteiger charge is 2.11. The number of aromatic nitrogens is 1. The van der Waals surface area contributed by atoms with E-state index in [4.69, 9.17) is 13.9 Å². The lowest BCUT2D eigenvalue weighted by Gasteiger charge is -2.06. The van der Waals surface area contributed by atoms with Crippen molar-refractivity contribution >= 4 is 0 Å². The molecule has 0 aliphatic heterocycles. The van der Waals surface area contributed by atoms with Crippen LogP contribution in [0.2, 0.25) is 0 Å². The summed E-state index contributed by atoms with van der Waals surface area (Å²) in [5, 5.41) is 0. The summed E-state index contributed by atoms with van der Waals surface area (Å²) in [7, 11) is 1.64. The molecule has 4 heteroatoms. The molecule has 0 radical (unpaired) electrons. The van der Waals surface area contributed by atoms with E-state index in [-0.39, 0.29) is 0 Å². The number of hydrogen-bond donors (Lipinski definition) is 0. The number of benzene rings is 2. The zero-order chi connectivity index (χ0) is 16.1. The Bertz CT molecular complexity index is 765. The van der Waals surface area contributed by atoms with Crippen LogP contribution in [0, 0.1) is 6.92 Å². The Balaban J connectivity index is 1.63. The minimum atomic E-state index is 0.536. The average Bonchev–Trinajstić information content (AvgIpc) is 2.97. The summed E-state index contributed by atoms with van der Waals surface area (Å²) in [5.41, 5.74) is 1.90. The van der Waals surface area contributed by atoms with Gasteiger partial charge in [0.15, 0.2) is 0 Å². The summed E-state index contributed by atoms with van der Waals surface area (Å²) in [6.45, 7) is 2.47. The van der Waals surface area contributed by atoms with Crippen LogP contribution >= 0.6 is 0 Å². The first-order chi connectivity index (χ1) is 11.3. The van der Waals surface area contributed by atoms with Gasteiger partial charge in [-0.15, -0.1) is 0 Å². The van der Waals surface area contributed by atoms with Gasteiger partial charge in [0, 0.05) is 18.1 Å². The monoisotopic (exact) mass is 309 g/mol. The fraction of sp³-hybridized carbons (Fsp3) is 0.211. The molecule has 23 heavy (non-hydrogen) atoms. The molecule has 1 aromatic heterocycles. The van der Waals surface area contributed by atoms with E-state index < -0.39 is 0 Å². The van der Waals surface area contributed by atoms with Crippen LogP contribution in [0.5, 0.6) is 11.5 Å². The number of nitrogens with zero attached hydrogens (tertiary/aromatic N) is 1. The minimum Gasteiger partial charge on any atom is -0.497 e. The van der Waals surface area contributed by atoms with Gasteiger partial charge in [0.1, 0.15) is 17.3 Å². The molecule has 1 heterocycles. The molecular formula is C19H19NO3. The van der Waals surface area contributed by atoms with Gasteiger partial charge < -0.3 is 13.9 Å². The maximum Gasteiger partial charge on any atom is 0.226 e. The van der Waals surface area contributed by atoms with Crippen LogP contribution in [0.4, 0.5) is 0 Å². The van der Waals surface area contributed by atoms with E-state index >= 15 is 0 Å². The Morgan fingerprint density at radius 1 is 1.00 bits per heavy atom. The first-order valence-corrected chi connectivity index (χ1v) is 7.55. The van der Waals surface area contributed by atoms with Gasteiger partial charge in [-0.2, -0.15) is 0 Å². The zero-order valence-electron chi connectivity index (χ0n) is 13.3. The molecule has 4 nitrogen and oxygen atoms in total. The standard InChI is InChI=1S/C19H19NO3/c1-14-18(20-19(23-14)15-7-4-3-5-8-15)11-12-22-17-10-6-9-16(13-17)21-2/h3-10,13H,11-12H2,1-2H3. The molecule has 0 aliphatic rings. The highest BCUT2D eigenvalue weighted by molar-refractivity contribution is 5.53. The molecule has 3 aromatic rings. The molecule has 0 N–H and O–H groups in total. The molecule has 0 atom stereocenters. The largest absolute Gasteiger partial charge is 0.497 e. The lowest BCUT2D eigenvalue weighted by molar-refractivity contribution is 0.317. The summed E-state index contributed by atoms with van der Waals surface area (Å²) in [5.74, 6) is 3.05. The fourth-order valence-corrected chi connectivity index (χ4v) is 2.32. The molecule has 0 fully saturated rings. The summed E-state index contributed by atoms with van der Waals surface area (Å²) >= 11 is 0. The van der Waals surface area contributed by atoms with E-state index in [1.807, 2.05) is 61.5 Å². The second-order valence-electron chi connectivity index (χ2n) is 5.17. The molecule has 0 aliphatic carbocycles. The van der Waals surface area contributed by atoms with Crippen molar-refractivity contribution < 1.29 is 13.9 Å². The lowest BCUT2D eigenvalue weighted by atomic mass is 10.2. The van der Waals surface area contributed by atoms with Gasteiger partial charge >= 0.3 is 0 Å². The number of methoxy groups -OCH3 is 1. The molecule has 0 spiro atoms. The smallest absolute Gasteiger partial charge is 0.226 e. The van der Waals surface area contributed by atoms with Gasteiger partial charge in [-0.3, -0.25) is 0 Å². The SMILES string of the molecule is COc1cccc(OCCc2nc(-c3ccccc3)oc2C)c1. The van der Waals surface area contributed by atoms with Crippen LogP contribution in [0.1, 0.15) is 11.5 Å². The number of aryl methyl sites for hydroxylation is 1. The molecule has 2 aromatic carbocycles. The second kappa shape index (κ2) is 7.01. The number of rotatable bonds is 6. The fourth-order valence-electron chi connectivity index (χ4n) is 2.32.